The van der Waals surface area contributed by atoms with Crippen molar-refractivity contribution in [3.63, 3.8) is 0 Å². The molecule has 0 atom stereocenters. The molecule has 5 nitrogen and oxygen atoms in total. The van der Waals surface area contributed by atoms with E-state index >= 15 is 0 Å². The van der Waals surface area contributed by atoms with Gasteiger partial charge in [0, 0.05) is 13.0 Å². The zero-order valence-electron chi connectivity index (χ0n) is 9.69. The summed E-state index contributed by atoms with van der Waals surface area (Å²) in [6.07, 6.45) is 6.26. The zero-order chi connectivity index (χ0) is 11.1. The third-order valence-corrected chi connectivity index (χ3v) is 2.95. The largest absolute Gasteiger partial charge is 0.340 e. The van der Waals surface area contributed by atoms with Crippen LogP contribution in [0.4, 0.5) is 0 Å². The van der Waals surface area contributed by atoms with E-state index in [0.29, 0.717) is 5.89 Å². The van der Waals surface area contributed by atoms with Crippen LogP contribution >= 0.6 is 0 Å². The molecule has 0 radical (unpaired) electrons. The fraction of sp³-hybridized carbons (Fsp3) is 0.818. The maximum absolute atomic E-state index is 4.91. The molecule has 2 heterocycles. The van der Waals surface area contributed by atoms with Gasteiger partial charge in [0.2, 0.25) is 5.89 Å². The van der Waals surface area contributed by atoms with Crippen molar-refractivity contribution in [1.82, 2.24) is 20.4 Å². The molecular formula is C11H20N4O. The lowest BCUT2D eigenvalue weighted by Crippen LogP contribution is -2.25. The van der Waals surface area contributed by atoms with Crippen LogP contribution in [0.3, 0.4) is 0 Å². The van der Waals surface area contributed by atoms with Gasteiger partial charge in [0.25, 0.3) is 0 Å². The topological polar surface area (TPSA) is 54.2 Å². The lowest BCUT2D eigenvalue weighted by molar-refractivity contribution is 0.330. The molecule has 1 aliphatic rings. The molecule has 0 spiro atoms. The Labute approximate surface area is 96.2 Å². The Balaban J connectivity index is 1.43. The summed E-state index contributed by atoms with van der Waals surface area (Å²) in [5.41, 5.74) is 0. The third kappa shape index (κ3) is 3.90. The smallest absolute Gasteiger partial charge is 0.227 e. The Kier molecular flexibility index (Phi) is 4.76. The van der Waals surface area contributed by atoms with Gasteiger partial charge in [0.05, 0.1) is 0 Å². The summed E-state index contributed by atoms with van der Waals surface area (Å²) in [6, 6.07) is 0. The summed E-state index contributed by atoms with van der Waals surface area (Å²) in [4.78, 5) is 6.51. The summed E-state index contributed by atoms with van der Waals surface area (Å²) < 4.78 is 4.91. The third-order valence-electron chi connectivity index (χ3n) is 2.95. The number of rotatable bonds is 7. The Morgan fingerprint density at radius 1 is 1.31 bits per heavy atom. The van der Waals surface area contributed by atoms with E-state index < -0.39 is 0 Å². The fourth-order valence-corrected chi connectivity index (χ4v) is 2.06. The first-order valence-electron chi connectivity index (χ1n) is 6.14. The van der Waals surface area contributed by atoms with E-state index in [-0.39, 0.29) is 0 Å². The number of aromatic nitrogens is 2. The van der Waals surface area contributed by atoms with Gasteiger partial charge in [0.1, 0.15) is 0 Å². The summed E-state index contributed by atoms with van der Waals surface area (Å²) in [6.45, 7) is 5.81. The average Bonchev–Trinajstić information content (AvgIpc) is 2.96. The predicted molar refractivity (Wildman–Crippen MR) is 61.2 cm³/mol. The van der Waals surface area contributed by atoms with Crippen LogP contribution in [-0.4, -0.2) is 47.8 Å². The lowest BCUT2D eigenvalue weighted by Gasteiger charge is -2.13. The van der Waals surface area contributed by atoms with Crippen LogP contribution in [-0.2, 0) is 6.42 Å². The first-order chi connectivity index (χ1) is 7.95. The molecule has 0 aromatic carbocycles. The normalized spacial score (nSPS) is 17.0. The van der Waals surface area contributed by atoms with E-state index in [2.05, 4.69) is 20.4 Å². The van der Waals surface area contributed by atoms with Crippen LogP contribution in [0.1, 0.15) is 25.2 Å². The van der Waals surface area contributed by atoms with Crippen molar-refractivity contribution >= 4 is 0 Å². The van der Waals surface area contributed by atoms with Gasteiger partial charge >= 0.3 is 0 Å². The van der Waals surface area contributed by atoms with Crippen LogP contribution in [0.5, 0.6) is 0 Å². The van der Waals surface area contributed by atoms with E-state index in [0.717, 1.165) is 19.5 Å². The summed E-state index contributed by atoms with van der Waals surface area (Å²) in [5.74, 6) is 0.715. The fourth-order valence-electron chi connectivity index (χ4n) is 2.06. The highest BCUT2D eigenvalue weighted by atomic mass is 16.5. The van der Waals surface area contributed by atoms with Gasteiger partial charge in [-0.3, -0.25) is 0 Å². The number of hydrogen-bond acceptors (Lipinski definition) is 5. The van der Waals surface area contributed by atoms with Crippen molar-refractivity contribution in [2.24, 2.45) is 0 Å². The standard InChI is InChI=1S/C11H20N4O/c1-2-8-15(7-1)9-3-5-12-6-4-11-13-10-14-16-11/h10,12H,1-9H2. The van der Waals surface area contributed by atoms with Crippen LogP contribution in [0, 0.1) is 0 Å². The molecule has 0 bridgehead atoms. The minimum atomic E-state index is 0.715. The summed E-state index contributed by atoms with van der Waals surface area (Å²) >= 11 is 0. The highest BCUT2D eigenvalue weighted by Gasteiger charge is 2.09. The van der Waals surface area contributed by atoms with Crippen LogP contribution in [0.15, 0.2) is 10.9 Å². The maximum atomic E-state index is 4.91. The van der Waals surface area contributed by atoms with Gasteiger partial charge in [-0.25, -0.2) is 0 Å². The first-order valence-corrected chi connectivity index (χ1v) is 6.14. The van der Waals surface area contributed by atoms with Crippen LogP contribution < -0.4 is 5.32 Å². The molecule has 1 N–H and O–H groups in total. The second kappa shape index (κ2) is 6.60. The molecule has 1 aromatic rings. The second-order valence-corrected chi connectivity index (χ2v) is 4.24. The number of nitrogens with zero attached hydrogens (tertiary/aromatic N) is 3. The molecule has 0 amide bonds. The van der Waals surface area contributed by atoms with E-state index in [1.165, 1.54) is 45.2 Å². The molecule has 2 rings (SSSR count). The Morgan fingerprint density at radius 2 is 2.19 bits per heavy atom. The predicted octanol–water partition coefficient (Wildman–Crippen LogP) is 0.688. The average molecular weight is 224 g/mol. The van der Waals surface area contributed by atoms with Crippen LogP contribution in [0.2, 0.25) is 0 Å². The minimum absolute atomic E-state index is 0.715. The molecule has 1 aliphatic heterocycles. The Bertz CT molecular complexity index is 270. The molecule has 1 fully saturated rings. The van der Waals surface area contributed by atoms with E-state index in [1.807, 2.05) is 0 Å². The van der Waals surface area contributed by atoms with Gasteiger partial charge in [0.15, 0.2) is 6.33 Å². The highest BCUT2D eigenvalue weighted by molar-refractivity contribution is 4.75. The molecule has 0 aliphatic carbocycles. The SMILES string of the molecule is c1noc(CCNCCCN2CCCC2)n1. The summed E-state index contributed by atoms with van der Waals surface area (Å²) in [7, 11) is 0. The number of nitrogens with one attached hydrogen (secondary N) is 1. The van der Waals surface area contributed by atoms with Gasteiger partial charge in [-0.05, 0) is 45.4 Å². The first kappa shape index (κ1) is 11.5. The minimum Gasteiger partial charge on any atom is -0.340 e. The van der Waals surface area contributed by atoms with Crippen molar-refractivity contribution < 1.29 is 4.52 Å². The lowest BCUT2D eigenvalue weighted by atomic mass is 10.3. The van der Waals surface area contributed by atoms with Crippen molar-refractivity contribution in [3.8, 4) is 0 Å². The van der Waals surface area contributed by atoms with E-state index in [1.54, 1.807) is 0 Å². The molecule has 0 unspecified atom stereocenters. The molecule has 1 saturated heterocycles. The van der Waals surface area contributed by atoms with Gasteiger partial charge in [-0.15, -0.1) is 0 Å². The number of likely N-dealkylation sites (tertiary alicyclic amines) is 1. The van der Waals surface area contributed by atoms with Crippen LogP contribution in [0.25, 0.3) is 0 Å². The molecule has 1 aromatic heterocycles. The van der Waals surface area contributed by atoms with E-state index in [9.17, 15) is 0 Å². The summed E-state index contributed by atoms with van der Waals surface area (Å²) in [5, 5.41) is 6.96. The Morgan fingerprint density at radius 3 is 2.94 bits per heavy atom. The van der Waals surface area contributed by atoms with Gasteiger partial charge in [-0.1, -0.05) is 5.16 Å². The van der Waals surface area contributed by atoms with E-state index in [4.69, 9.17) is 4.52 Å². The quantitative estimate of drug-likeness (QED) is 0.690. The highest BCUT2D eigenvalue weighted by Crippen LogP contribution is 2.06. The molecule has 0 saturated carbocycles. The van der Waals surface area contributed by atoms with Gasteiger partial charge < -0.3 is 14.7 Å². The Hall–Kier alpha value is -0.940. The zero-order valence-corrected chi connectivity index (χ0v) is 9.69. The monoisotopic (exact) mass is 224 g/mol. The van der Waals surface area contributed by atoms with Crippen molar-refractivity contribution in [2.75, 3.05) is 32.7 Å². The van der Waals surface area contributed by atoms with Crippen molar-refractivity contribution in [3.05, 3.63) is 12.2 Å². The second-order valence-electron chi connectivity index (χ2n) is 4.24. The van der Waals surface area contributed by atoms with Crippen molar-refractivity contribution in [2.45, 2.75) is 25.7 Å². The molecule has 90 valence electrons. The maximum Gasteiger partial charge on any atom is 0.227 e. The molecular weight excluding hydrogens is 204 g/mol. The molecule has 5 heteroatoms. The molecule has 16 heavy (non-hydrogen) atoms. The van der Waals surface area contributed by atoms with Gasteiger partial charge in [-0.2, -0.15) is 4.98 Å². The van der Waals surface area contributed by atoms with Crippen molar-refractivity contribution in [1.29, 1.82) is 0 Å². The number of hydrogen-bond donors (Lipinski definition) is 1.